The van der Waals surface area contributed by atoms with Crippen molar-refractivity contribution in [2.45, 2.75) is 59.3 Å². The Bertz CT molecular complexity index is 1010. The average molecular weight is 409 g/mol. The molecule has 2 aromatic rings. The van der Waals surface area contributed by atoms with Gasteiger partial charge in [-0.05, 0) is 45.7 Å². The number of imide groups is 1. The van der Waals surface area contributed by atoms with Gasteiger partial charge in [-0.1, -0.05) is 29.4 Å². The van der Waals surface area contributed by atoms with E-state index in [-0.39, 0.29) is 11.9 Å². The van der Waals surface area contributed by atoms with Crippen molar-refractivity contribution in [3.63, 3.8) is 0 Å². The summed E-state index contributed by atoms with van der Waals surface area (Å²) in [6.07, 6.45) is 1.68. The highest BCUT2D eigenvalue weighted by Crippen LogP contribution is 2.32. The van der Waals surface area contributed by atoms with E-state index < -0.39 is 11.6 Å². The standard InChI is InChI=1S/C22H27N5O3/c1-14-8-6-7-9-17(14)11-26-21(29)27(20(28)22(26,4)5)18-10-23-25(12-18)13-19-15(2)24-30-16(19)3/h6-10,18H,11-13H2,1-5H3. The topological polar surface area (TPSA) is 82.2 Å². The summed E-state index contributed by atoms with van der Waals surface area (Å²) in [6, 6.07) is 7.25. The molecule has 3 heterocycles. The van der Waals surface area contributed by atoms with Gasteiger partial charge in [-0.2, -0.15) is 5.10 Å². The van der Waals surface area contributed by atoms with Crippen LogP contribution in [0.2, 0.25) is 0 Å². The van der Waals surface area contributed by atoms with Crippen molar-refractivity contribution in [1.29, 1.82) is 0 Å². The number of amides is 3. The smallest absolute Gasteiger partial charge is 0.328 e. The molecule has 1 saturated heterocycles. The van der Waals surface area contributed by atoms with Gasteiger partial charge in [0.25, 0.3) is 5.91 Å². The van der Waals surface area contributed by atoms with Gasteiger partial charge < -0.3 is 9.42 Å². The number of aromatic nitrogens is 1. The number of carbonyl (C=O) groups is 2. The predicted molar refractivity (Wildman–Crippen MR) is 112 cm³/mol. The highest BCUT2D eigenvalue weighted by molar-refractivity contribution is 6.08. The largest absolute Gasteiger partial charge is 0.361 e. The molecule has 1 unspecified atom stereocenters. The summed E-state index contributed by atoms with van der Waals surface area (Å²) in [5, 5.41) is 10.3. The zero-order valence-corrected chi connectivity index (χ0v) is 18.0. The van der Waals surface area contributed by atoms with Crippen LogP contribution in [0.1, 0.15) is 42.0 Å². The minimum Gasteiger partial charge on any atom is -0.361 e. The lowest BCUT2D eigenvalue weighted by Gasteiger charge is -2.28. The molecule has 0 N–H and O–H groups in total. The van der Waals surface area contributed by atoms with Crippen LogP contribution in [-0.4, -0.2) is 56.2 Å². The quantitative estimate of drug-likeness (QED) is 0.709. The molecule has 3 amide bonds. The number of hydrazone groups is 1. The fourth-order valence-corrected chi connectivity index (χ4v) is 4.03. The molecule has 1 aromatic heterocycles. The van der Waals surface area contributed by atoms with Crippen LogP contribution in [0.5, 0.6) is 0 Å². The molecule has 8 nitrogen and oxygen atoms in total. The third-order valence-electron chi connectivity index (χ3n) is 6.10. The van der Waals surface area contributed by atoms with Crippen molar-refractivity contribution >= 4 is 18.2 Å². The summed E-state index contributed by atoms with van der Waals surface area (Å²) in [4.78, 5) is 29.5. The Kier molecular flexibility index (Phi) is 4.88. The Labute approximate surface area is 176 Å². The van der Waals surface area contributed by atoms with Gasteiger partial charge in [0.1, 0.15) is 11.3 Å². The highest BCUT2D eigenvalue weighted by Gasteiger charge is 2.53. The minimum atomic E-state index is -0.914. The molecule has 1 atom stereocenters. The first-order valence-electron chi connectivity index (χ1n) is 10.1. The molecule has 158 valence electrons. The Morgan fingerprint density at radius 1 is 1.13 bits per heavy atom. The molecule has 0 aliphatic carbocycles. The summed E-state index contributed by atoms with van der Waals surface area (Å²) >= 11 is 0. The van der Waals surface area contributed by atoms with Crippen molar-refractivity contribution < 1.29 is 14.1 Å². The lowest BCUT2D eigenvalue weighted by atomic mass is 10.0. The van der Waals surface area contributed by atoms with E-state index >= 15 is 0 Å². The summed E-state index contributed by atoms with van der Waals surface area (Å²) in [5.74, 6) is 0.557. The molecule has 0 saturated carbocycles. The molecule has 8 heteroatoms. The zero-order chi connectivity index (χ0) is 21.6. The SMILES string of the molecule is Cc1ccccc1CN1C(=O)N(C2C=NN(Cc3c(C)noc3C)C2)C(=O)C1(C)C. The second kappa shape index (κ2) is 7.27. The third kappa shape index (κ3) is 3.26. The van der Waals surface area contributed by atoms with E-state index in [1.54, 1.807) is 25.0 Å². The summed E-state index contributed by atoms with van der Waals surface area (Å²) in [6.45, 7) is 10.8. The Morgan fingerprint density at radius 2 is 1.87 bits per heavy atom. The summed E-state index contributed by atoms with van der Waals surface area (Å²) in [7, 11) is 0. The first-order valence-corrected chi connectivity index (χ1v) is 10.1. The number of hydrogen-bond acceptors (Lipinski definition) is 6. The van der Waals surface area contributed by atoms with Crippen molar-refractivity contribution in [3.05, 3.63) is 52.4 Å². The number of aryl methyl sites for hydroxylation is 3. The highest BCUT2D eigenvalue weighted by atomic mass is 16.5. The molecule has 30 heavy (non-hydrogen) atoms. The maximum Gasteiger partial charge on any atom is 0.328 e. The van der Waals surface area contributed by atoms with Crippen LogP contribution in [0.25, 0.3) is 0 Å². The van der Waals surface area contributed by atoms with Crippen molar-refractivity contribution in [2.24, 2.45) is 5.10 Å². The molecule has 2 aliphatic rings. The molecule has 0 radical (unpaired) electrons. The fourth-order valence-electron chi connectivity index (χ4n) is 4.03. The van der Waals surface area contributed by atoms with Gasteiger partial charge in [-0.25, -0.2) is 4.79 Å². The van der Waals surface area contributed by atoms with Gasteiger partial charge >= 0.3 is 6.03 Å². The first-order chi connectivity index (χ1) is 14.2. The second-order valence-electron chi connectivity index (χ2n) is 8.51. The lowest BCUT2D eigenvalue weighted by molar-refractivity contribution is -0.132. The predicted octanol–water partition coefficient (Wildman–Crippen LogP) is 3.01. The van der Waals surface area contributed by atoms with Gasteiger partial charge in [0.05, 0.1) is 24.8 Å². The first kappa shape index (κ1) is 20.1. The van der Waals surface area contributed by atoms with E-state index in [0.29, 0.717) is 19.6 Å². The number of benzene rings is 1. The molecular weight excluding hydrogens is 382 g/mol. The third-order valence-corrected chi connectivity index (χ3v) is 6.10. The maximum atomic E-state index is 13.3. The van der Waals surface area contributed by atoms with E-state index in [0.717, 1.165) is 28.1 Å². The number of urea groups is 1. The summed E-state index contributed by atoms with van der Waals surface area (Å²) in [5.41, 5.74) is 3.02. The molecule has 1 fully saturated rings. The second-order valence-corrected chi connectivity index (χ2v) is 8.51. The molecule has 1 aromatic carbocycles. The normalized spacial score (nSPS) is 20.7. The van der Waals surface area contributed by atoms with Gasteiger partial charge in [-0.3, -0.25) is 14.7 Å². The van der Waals surface area contributed by atoms with Gasteiger partial charge in [0, 0.05) is 18.3 Å². The number of carbonyl (C=O) groups excluding carboxylic acids is 2. The van der Waals surface area contributed by atoms with Crippen LogP contribution in [0.15, 0.2) is 33.9 Å². The molecular formula is C22H27N5O3. The van der Waals surface area contributed by atoms with E-state index in [1.165, 1.54) is 4.90 Å². The summed E-state index contributed by atoms with van der Waals surface area (Å²) < 4.78 is 5.22. The van der Waals surface area contributed by atoms with E-state index in [2.05, 4.69) is 10.3 Å². The number of hydrogen-bond donors (Lipinski definition) is 0. The van der Waals surface area contributed by atoms with Crippen LogP contribution in [0.4, 0.5) is 4.79 Å². The van der Waals surface area contributed by atoms with Crippen LogP contribution in [0.3, 0.4) is 0 Å². The van der Waals surface area contributed by atoms with E-state index in [4.69, 9.17) is 4.52 Å². The molecule has 4 rings (SSSR count). The fraction of sp³-hybridized carbons (Fsp3) is 0.455. The van der Waals surface area contributed by atoms with Crippen LogP contribution >= 0.6 is 0 Å². The monoisotopic (exact) mass is 409 g/mol. The maximum absolute atomic E-state index is 13.3. The molecule has 0 bridgehead atoms. The molecule has 0 spiro atoms. The van der Waals surface area contributed by atoms with Crippen LogP contribution < -0.4 is 0 Å². The number of nitrogens with zero attached hydrogens (tertiary/aromatic N) is 5. The molecule has 2 aliphatic heterocycles. The van der Waals surface area contributed by atoms with Crippen LogP contribution in [0, 0.1) is 20.8 Å². The van der Waals surface area contributed by atoms with Gasteiger partial charge in [0.2, 0.25) is 0 Å². The van der Waals surface area contributed by atoms with E-state index in [9.17, 15) is 9.59 Å². The Hall–Kier alpha value is -3.16. The average Bonchev–Trinajstić information content (AvgIpc) is 3.33. The van der Waals surface area contributed by atoms with Crippen molar-refractivity contribution in [1.82, 2.24) is 20.0 Å². The Balaban J connectivity index is 1.51. The van der Waals surface area contributed by atoms with Crippen molar-refractivity contribution in [3.8, 4) is 0 Å². The zero-order valence-electron chi connectivity index (χ0n) is 18.0. The lowest BCUT2D eigenvalue weighted by Crippen LogP contribution is -2.45. The Morgan fingerprint density at radius 3 is 2.53 bits per heavy atom. The van der Waals surface area contributed by atoms with Gasteiger partial charge in [-0.15, -0.1) is 0 Å². The van der Waals surface area contributed by atoms with E-state index in [1.807, 2.05) is 50.0 Å². The number of rotatable bonds is 5. The minimum absolute atomic E-state index is 0.197. The van der Waals surface area contributed by atoms with Gasteiger partial charge in [0.15, 0.2) is 0 Å². The van der Waals surface area contributed by atoms with Crippen LogP contribution in [-0.2, 0) is 17.9 Å². The van der Waals surface area contributed by atoms with Crippen molar-refractivity contribution in [2.75, 3.05) is 6.54 Å².